The Morgan fingerprint density at radius 1 is 1.00 bits per heavy atom. The van der Waals surface area contributed by atoms with Gasteiger partial charge in [-0.15, -0.1) is 0 Å². The Balaban J connectivity index is 1.65. The van der Waals surface area contributed by atoms with Crippen molar-refractivity contribution in [2.45, 2.75) is 6.61 Å². The van der Waals surface area contributed by atoms with E-state index < -0.39 is 17.0 Å². The van der Waals surface area contributed by atoms with Crippen LogP contribution in [0.2, 0.25) is 0 Å². The zero-order valence-corrected chi connectivity index (χ0v) is 13.2. The quantitative estimate of drug-likeness (QED) is 0.358. The third kappa shape index (κ3) is 5.94. The Kier molecular flexibility index (Phi) is 6.47. The van der Waals surface area contributed by atoms with E-state index in [9.17, 15) is 19.7 Å². The number of nitro groups is 1. The monoisotopic (exact) mass is 344 g/mol. The number of ether oxygens (including phenoxy) is 2. The van der Waals surface area contributed by atoms with E-state index in [1.54, 1.807) is 0 Å². The van der Waals surface area contributed by atoms with Crippen LogP contribution in [0.1, 0.15) is 15.9 Å². The number of non-ortho nitro benzene ring substituents is 1. The van der Waals surface area contributed by atoms with Gasteiger partial charge in [-0.2, -0.15) is 0 Å². The maximum absolute atomic E-state index is 11.7. The van der Waals surface area contributed by atoms with Crippen LogP contribution >= 0.6 is 0 Å². The van der Waals surface area contributed by atoms with E-state index in [0.717, 1.165) is 5.56 Å². The van der Waals surface area contributed by atoms with E-state index in [2.05, 4.69) is 5.32 Å². The molecule has 0 aliphatic heterocycles. The molecule has 2 rings (SSSR count). The first-order valence-corrected chi connectivity index (χ1v) is 7.42. The van der Waals surface area contributed by atoms with Gasteiger partial charge in [-0.1, -0.05) is 30.3 Å². The summed E-state index contributed by atoms with van der Waals surface area (Å²) in [7, 11) is 0. The molecule has 0 radical (unpaired) electrons. The molecule has 0 aliphatic carbocycles. The third-order valence-electron chi connectivity index (χ3n) is 3.13. The van der Waals surface area contributed by atoms with Gasteiger partial charge in [0.25, 0.3) is 5.69 Å². The lowest BCUT2D eigenvalue weighted by Crippen LogP contribution is -2.28. The SMILES string of the molecule is O=C(NCCOC(=O)c1ccc([N+](=O)[O-])cc1)OCc1ccccc1. The van der Waals surface area contributed by atoms with Crippen LogP contribution in [-0.4, -0.2) is 30.1 Å². The lowest BCUT2D eigenvalue weighted by atomic mass is 10.2. The van der Waals surface area contributed by atoms with E-state index in [4.69, 9.17) is 9.47 Å². The fourth-order valence-electron chi connectivity index (χ4n) is 1.87. The van der Waals surface area contributed by atoms with Crippen molar-refractivity contribution in [1.82, 2.24) is 5.32 Å². The summed E-state index contributed by atoms with van der Waals surface area (Å²) in [6, 6.07) is 14.3. The highest BCUT2D eigenvalue weighted by atomic mass is 16.6. The zero-order valence-electron chi connectivity index (χ0n) is 13.2. The minimum Gasteiger partial charge on any atom is -0.460 e. The highest BCUT2D eigenvalue weighted by Crippen LogP contribution is 2.12. The van der Waals surface area contributed by atoms with Crippen LogP contribution in [0.3, 0.4) is 0 Å². The molecule has 0 fully saturated rings. The normalized spacial score (nSPS) is 9.92. The fraction of sp³-hybridized carbons (Fsp3) is 0.176. The predicted molar refractivity (Wildman–Crippen MR) is 88.0 cm³/mol. The number of carbonyl (C=O) groups excluding carboxylic acids is 2. The Morgan fingerprint density at radius 3 is 2.32 bits per heavy atom. The summed E-state index contributed by atoms with van der Waals surface area (Å²) in [6.07, 6.45) is -0.616. The molecule has 0 saturated carbocycles. The van der Waals surface area contributed by atoms with Gasteiger partial charge in [0.05, 0.1) is 17.0 Å². The van der Waals surface area contributed by atoms with E-state index in [-0.39, 0.29) is 31.0 Å². The van der Waals surface area contributed by atoms with Crippen molar-refractivity contribution in [2.75, 3.05) is 13.2 Å². The standard InChI is InChI=1S/C17H16N2O6/c20-16(14-6-8-15(9-7-14)19(22)23)24-11-10-18-17(21)25-12-13-4-2-1-3-5-13/h1-9H,10-12H2,(H,18,21). The van der Waals surface area contributed by atoms with Gasteiger partial charge in [-0.25, -0.2) is 9.59 Å². The lowest BCUT2D eigenvalue weighted by molar-refractivity contribution is -0.384. The van der Waals surface area contributed by atoms with E-state index in [1.165, 1.54) is 24.3 Å². The van der Waals surface area contributed by atoms with Crippen LogP contribution in [0.5, 0.6) is 0 Å². The van der Waals surface area contributed by atoms with Crippen LogP contribution in [0.25, 0.3) is 0 Å². The first kappa shape index (κ1) is 17.9. The Bertz CT molecular complexity index is 731. The Labute approximate surface area is 143 Å². The minimum absolute atomic E-state index is 0.0454. The van der Waals surface area contributed by atoms with Crippen LogP contribution in [0.4, 0.5) is 10.5 Å². The number of amides is 1. The second kappa shape index (κ2) is 9.02. The number of esters is 1. The number of hydrogen-bond acceptors (Lipinski definition) is 6. The van der Waals surface area contributed by atoms with Crippen molar-refractivity contribution in [3.8, 4) is 0 Å². The second-order valence-corrected chi connectivity index (χ2v) is 4.93. The molecule has 1 amide bonds. The van der Waals surface area contributed by atoms with Gasteiger partial charge >= 0.3 is 12.1 Å². The molecule has 1 N–H and O–H groups in total. The molecule has 25 heavy (non-hydrogen) atoms. The molecule has 0 unspecified atom stereocenters. The van der Waals surface area contributed by atoms with Gasteiger partial charge in [-0.3, -0.25) is 10.1 Å². The largest absolute Gasteiger partial charge is 0.460 e. The highest BCUT2D eigenvalue weighted by molar-refractivity contribution is 5.89. The maximum Gasteiger partial charge on any atom is 0.407 e. The Hall–Kier alpha value is -3.42. The molecular formula is C17H16N2O6. The number of nitrogens with one attached hydrogen (secondary N) is 1. The number of hydrogen-bond donors (Lipinski definition) is 1. The number of benzene rings is 2. The molecule has 0 bridgehead atoms. The summed E-state index contributed by atoms with van der Waals surface area (Å²) in [4.78, 5) is 33.2. The molecular weight excluding hydrogens is 328 g/mol. The van der Waals surface area contributed by atoms with Crippen LogP contribution in [0, 0.1) is 10.1 Å². The second-order valence-electron chi connectivity index (χ2n) is 4.93. The molecule has 8 heteroatoms. The molecule has 8 nitrogen and oxygen atoms in total. The first-order valence-electron chi connectivity index (χ1n) is 7.42. The number of nitro benzene ring substituents is 1. The van der Waals surface area contributed by atoms with Gasteiger partial charge in [0.15, 0.2) is 0 Å². The van der Waals surface area contributed by atoms with Gasteiger partial charge in [0.1, 0.15) is 13.2 Å². The molecule has 0 atom stereocenters. The van der Waals surface area contributed by atoms with E-state index in [1.807, 2.05) is 30.3 Å². The summed E-state index contributed by atoms with van der Waals surface area (Å²) in [5.41, 5.74) is 0.943. The topological polar surface area (TPSA) is 108 Å². The average molecular weight is 344 g/mol. The molecule has 0 aliphatic rings. The van der Waals surface area contributed by atoms with Gasteiger partial charge in [0, 0.05) is 12.1 Å². The van der Waals surface area contributed by atoms with Crippen molar-refractivity contribution in [3.05, 3.63) is 75.8 Å². The Morgan fingerprint density at radius 2 is 1.68 bits per heavy atom. The summed E-state index contributed by atoms with van der Waals surface area (Å²) in [5.74, 6) is -0.630. The molecule has 0 saturated heterocycles. The van der Waals surface area contributed by atoms with Crippen molar-refractivity contribution < 1.29 is 24.0 Å². The van der Waals surface area contributed by atoms with E-state index in [0.29, 0.717) is 0 Å². The number of rotatable bonds is 7. The third-order valence-corrected chi connectivity index (χ3v) is 3.13. The lowest BCUT2D eigenvalue weighted by Gasteiger charge is -2.08. The van der Waals surface area contributed by atoms with Crippen molar-refractivity contribution in [3.63, 3.8) is 0 Å². The van der Waals surface area contributed by atoms with Crippen molar-refractivity contribution in [2.24, 2.45) is 0 Å². The highest BCUT2D eigenvalue weighted by Gasteiger charge is 2.10. The molecule has 2 aromatic rings. The zero-order chi connectivity index (χ0) is 18.1. The van der Waals surface area contributed by atoms with Gasteiger partial charge in [-0.05, 0) is 17.7 Å². The van der Waals surface area contributed by atoms with Crippen molar-refractivity contribution in [1.29, 1.82) is 0 Å². The smallest absolute Gasteiger partial charge is 0.407 e. The van der Waals surface area contributed by atoms with Crippen LogP contribution in [0.15, 0.2) is 54.6 Å². The molecule has 0 heterocycles. The maximum atomic E-state index is 11.7. The van der Waals surface area contributed by atoms with Crippen LogP contribution in [-0.2, 0) is 16.1 Å². The first-order chi connectivity index (χ1) is 12.1. The molecule has 2 aromatic carbocycles. The summed E-state index contributed by atoms with van der Waals surface area (Å²) in [6.45, 7) is 0.192. The number of nitrogens with zero attached hydrogens (tertiary/aromatic N) is 1. The van der Waals surface area contributed by atoms with Gasteiger partial charge < -0.3 is 14.8 Å². The minimum atomic E-state index is -0.630. The molecule has 130 valence electrons. The molecule has 0 aromatic heterocycles. The van der Waals surface area contributed by atoms with Crippen LogP contribution < -0.4 is 5.32 Å². The molecule has 0 spiro atoms. The number of alkyl carbamates (subject to hydrolysis) is 1. The summed E-state index contributed by atoms with van der Waals surface area (Å²) in [5, 5.41) is 13.0. The average Bonchev–Trinajstić information content (AvgIpc) is 2.64. The van der Waals surface area contributed by atoms with Crippen molar-refractivity contribution >= 4 is 17.7 Å². The van der Waals surface area contributed by atoms with Gasteiger partial charge in [0.2, 0.25) is 0 Å². The number of carbonyl (C=O) groups is 2. The summed E-state index contributed by atoms with van der Waals surface area (Å²) < 4.78 is 9.96. The predicted octanol–water partition coefficient (Wildman–Crippen LogP) is 2.68. The van der Waals surface area contributed by atoms with E-state index >= 15 is 0 Å². The summed E-state index contributed by atoms with van der Waals surface area (Å²) >= 11 is 0. The fourth-order valence-corrected chi connectivity index (χ4v) is 1.87.